The summed E-state index contributed by atoms with van der Waals surface area (Å²) < 4.78 is 6.81. The summed E-state index contributed by atoms with van der Waals surface area (Å²) >= 11 is 0. The van der Waals surface area contributed by atoms with Crippen LogP contribution in [0.4, 0.5) is 0 Å². The summed E-state index contributed by atoms with van der Waals surface area (Å²) in [6.07, 6.45) is 5.02. The molecule has 2 aliphatic heterocycles. The van der Waals surface area contributed by atoms with Crippen molar-refractivity contribution in [2.45, 2.75) is 57.3 Å². The normalized spacial score (nSPS) is 30.3. The summed E-state index contributed by atoms with van der Waals surface area (Å²) in [7, 11) is 0. The van der Waals surface area contributed by atoms with E-state index in [9.17, 15) is 0 Å². The Balaban J connectivity index is 1.48. The lowest BCUT2D eigenvalue weighted by atomic mass is 9.89. The minimum atomic E-state index is 0.0661. The van der Waals surface area contributed by atoms with Gasteiger partial charge in [-0.1, -0.05) is 44.2 Å². The van der Waals surface area contributed by atoms with E-state index in [1.165, 1.54) is 44.3 Å². The molecule has 3 nitrogen and oxygen atoms in total. The second-order valence-corrected chi connectivity index (χ2v) is 8.83. The van der Waals surface area contributed by atoms with Crippen LogP contribution in [-0.2, 0) is 11.3 Å². The number of morpholine rings is 1. The maximum absolute atomic E-state index is 6.81. The highest BCUT2D eigenvalue weighted by Gasteiger charge is 2.56. The Bertz CT molecular complexity index is 554. The van der Waals surface area contributed by atoms with Crippen molar-refractivity contribution in [2.75, 3.05) is 32.7 Å². The van der Waals surface area contributed by atoms with Crippen LogP contribution in [-0.4, -0.2) is 53.7 Å². The molecular weight excluding hydrogens is 296 g/mol. The maximum Gasteiger partial charge on any atom is 0.0943 e. The summed E-state index contributed by atoms with van der Waals surface area (Å²) in [4.78, 5) is 5.32. The molecule has 1 aromatic rings. The van der Waals surface area contributed by atoms with Gasteiger partial charge in [-0.15, -0.1) is 0 Å². The Kier molecular flexibility index (Phi) is 4.44. The molecule has 24 heavy (non-hydrogen) atoms. The Hall–Kier alpha value is -0.900. The van der Waals surface area contributed by atoms with E-state index in [2.05, 4.69) is 54.0 Å². The van der Waals surface area contributed by atoms with E-state index in [4.69, 9.17) is 4.74 Å². The van der Waals surface area contributed by atoms with Crippen molar-refractivity contribution in [3.05, 3.63) is 35.9 Å². The highest BCUT2D eigenvalue weighted by Crippen LogP contribution is 2.48. The zero-order valence-electron chi connectivity index (χ0n) is 15.3. The molecular formula is C21H32N2O. The molecule has 2 spiro atoms. The largest absolute Gasteiger partial charge is 0.365 e. The SMILES string of the molecule is CC(C)CN1CCCC2(C1)CN(Cc1ccccc1)CC1(CC1)O2. The molecule has 1 unspecified atom stereocenters. The van der Waals surface area contributed by atoms with Crippen molar-refractivity contribution in [1.29, 1.82) is 0 Å². The third kappa shape index (κ3) is 3.68. The first kappa shape index (κ1) is 16.6. The van der Waals surface area contributed by atoms with E-state index in [0.29, 0.717) is 0 Å². The molecule has 3 fully saturated rings. The van der Waals surface area contributed by atoms with Crippen LogP contribution in [0.25, 0.3) is 0 Å². The third-order valence-electron chi connectivity index (χ3n) is 5.76. The second kappa shape index (κ2) is 6.44. The highest BCUT2D eigenvalue weighted by atomic mass is 16.5. The molecule has 0 radical (unpaired) electrons. The van der Waals surface area contributed by atoms with Crippen molar-refractivity contribution in [1.82, 2.24) is 9.80 Å². The minimum Gasteiger partial charge on any atom is -0.365 e. The first-order valence-electron chi connectivity index (χ1n) is 9.75. The number of rotatable bonds is 4. The molecule has 0 amide bonds. The van der Waals surface area contributed by atoms with Crippen LogP contribution in [0, 0.1) is 5.92 Å². The van der Waals surface area contributed by atoms with Gasteiger partial charge in [-0.25, -0.2) is 0 Å². The molecule has 3 heteroatoms. The number of nitrogens with zero attached hydrogens (tertiary/aromatic N) is 2. The molecule has 0 N–H and O–H groups in total. The van der Waals surface area contributed by atoms with Crippen LogP contribution in [0.5, 0.6) is 0 Å². The van der Waals surface area contributed by atoms with Crippen molar-refractivity contribution in [3.63, 3.8) is 0 Å². The molecule has 0 aromatic heterocycles. The number of benzene rings is 1. The fourth-order valence-electron chi connectivity index (χ4n) is 4.82. The molecule has 3 aliphatic rings. The monoisotopic (exact) mass is 328 g/mol. The van der Waals surface area contributed by atoms with Gasteiger partial charge < -0.3 is 9.64 Å². The van der Waals surface area contributed by atoms with E-state index >= 15 is 0 Å². The minimum absolute atomic E-state index is 0.0661. The summed E-state index contributed by atoms with van der Waals surface area (Å²) in [6.45, 7) is 11.5. The zero-order valence-corrected chi connectivity index (χ0v) is 15.3. The average molecular weight is 329 g/mol. The lowest BCUT2D eigenvalue weighted by Gasteiger charge is -2.51. The van der Waals surface area contributed by atoms with Crippen LogP contribution in [0.1, 0.15) is 45.1 Å². The molecule has 0 bridgehead atoms. The maximum atomic E-state index is 6.81. The van der Waals surface area contributed by atoms with Crippen LogP contribution >= 0.6 is 0 Å². The van der Waals surface area contributed by atoms with Crippen LogP contribution in [0.2, 0.25) is 0 Å². The quantitative estimate of drug-likeness (QED) is 0.841. The number of piperidine rings is 1. The van der Waals surface area contributed by atoms with Gasteiger partial charge in [0.25, 0.3) is 0 Å². The van der Waals surface area contributed by atoms with E-state index in [1.54, 1.807) is 0 Å². The van der Waals surface area contributed by atoms with Crippen LogP contribution < -0.4 is 0 Å². The van der Waals surface area contributed by atoms with E-state index in [1.807, 2.05) is 0 Å². The van der Waals surface area contributed by atoms with Gasteiger partial charge in [-0.05, 0) is 43.7 Å². The number of likely N-dealkylation sites (tertiary alicyclic amines) is 1. The fourth-order valence-corrected chi connectivity index (χ4v) is 4.82. The smallest absolute Gasteiger partial charge is 0.0943 e. The Morgan fingerprint density at radius 2 is 1.67 bits per heavy atom. The van der Waals surface area contributed by atoms with Gasteiger partial charge in [-0.3, -0.25) is 4.90 Å². The predicted octanol–water partition coefficient (Wildman–Crippen LogP) is 3.54. The van der Waals surface area contributed by atoms with E-state index in [-0.39, 0.29) is 11.2 Å². The molecule has 1 saturated carbocycles. The van der Waals surface area contributed by atoms with Gasteiger partial charge in [-0.2, -0.15) is 0 Å². The summed E-state index contributed by atoms with van der Waals surface area (Å²) in [5, 5.41) is 0. The zero-order chi connectivity index (χ0) is 16.6. The van der Waals surface area contributed by atoms with Gasteiger partial charge >= 0.3 is 0 Å². The van der Waals surface area contributed by atoms with Crippen LogP contribution in [0.3, 0.4) is 0 Å². The molecule has 2 saturated heterocycles. The molecule has 132 valence electrons. The van der Waals surface area contributed by atoms with Crippen molar-refractivity contribution in [2.24, 2.45) is 5.92 Å². The van der Waals surface area contributed by atoms with E-state index in [0.717, 1.165) is 32.1 Å². The first-order chi connectivity index (χ1) is 11.6. The first-order valence-corrected chi connectivity index (χ1v) is 9.75. The van der Waals surface area contributed by atoms with Gasteiger partial charge in [0.05, 0.1) is 11.2 Å². The van der Waals surface area contributed by atoms with Gasteiger partial charge in [0, 0.05) is 32.7 Å². The van der Waals surface area contributed by atoms with Crippen molar-refractivity contribution < 1.29 is 4.74 Å². The van der Waals surface area contributed by atoms with Crippen molar-refractivity contribution >= 4 is 0 Å². The molecule has 1 atom stereocenters. The third-order valence-corrected chi connectivity index (χ3v) is 5.76. The standard InChI is InChI=1S/C21H32N2O/c1-18(2)13-22-12-6-9-21(16-22)17-23(15-20(24-21)10-11-20)14-19-7-4-3-5-8-19/h3-5,7-8,18H,6,9-17H2,1-2H3. The predicted molar refractivity (Wildman–Crippen MR) is 98.0 cm³/mol. The number of ether oxygens (including phenoxy) is 1. The lowest BCUT2D eigenvalue weighted by Crippen LogP contribution is -2.63. The van der Waals surface area contributed by atoms with Gasteiger partial charge in [0.15, 0.2) is 0 Å². The summed E-state index contributed by atoms with van der Waals surface area (Å²) in [6, 6.07) is 10.9. The van der Waals surface area contributed by atoms with Gasteiger partial charge in [0.1, 0.15) is 0 Å². The molecule has 1 aliphatic carbocycles. The highest BCUT2D eigenvalue weighted by molar-refractivity contribution is 5.16. The molecule has 1 aromatic carbocycles. The average Bonchev–Trinajstić information content (AvgIpc) is 3.25. The second-order valence-electron chi connectivity index (χ2n) is 8.83. The Morgan fingerprint density at radius 3 is 2.38 bits per heavy atom. The fraction of sp³-hybridized carbons (Fsp3) is 0.714. The molecule has 4 rings (SSSR count). The lowest BCUT2D eigenvalue weighted by molar-refractivity contribution is -0.193. The molecule has 2 heterocycles. The number of hydrogen-bond acceptors (Lipinski definition) is 3. The van der Waals surface area contributed by atoms with Gasteiger partial charge in [0.2, 0.25) is 0 Å². The van der Waals surface area contributed by atoms with Crippen LogP contribution in [0.15, 0.2) is 30.3 Å². The Labute approximate surface area is 147 Å². The number of hydrogen-bond donors (Lipinski definition) is 0. The Morgan fingerprint density at radius 1 is 0.958 bits per heavy atom. The van der Waals surface area contributed by atoms with E-state index < -0.39 is 0 Å². The topological polar surface area (TPSA) is 15.7 Å². The van der Waals surface area contributed by atoms with Crippen molar-refractivity contribution in [3.8, 4) is 0 Å². The summed E-state index contributed by atoms with van der Waals surface area (Å²) in [5.74, 6) is 0.735. The summed E-state index contributed by atoms with van der Waals surface area (Å²) in [5.41, 5.74) is 1.67.